The van der Waals surface area contributed by atoms with Crippen LogP contribution in [0.25, 0.3) is 6.08 Å². The number of ether oxygens (including phenoxy) is 1. The molecule has 0 amide bonds. The van der Waals surface area contributed by atoms with Gasteiger partial charge in [0.05, 0.1) is 28.5 Å². The number of thioether (sulfide) groups is 1. The summed E-state index contributed by atoms with van der Waals surface area (Å²) in [5.74, 6) is 1.01. The molecule has 0 N–H and O–H groups in total. The van der Waals surface area contributed by atoms with Crippen LogP contribution in [0.5, 0.6) is 0 Å². The van der Waals surface area contributed by atoms with E-state index in [4.69, 9.17) is 9.15 Å². The number of fused-ring (bicyclic) bond motifs is 1. The molecule has 0 saturated carbocycles. The molecule has 0 radical (unpaired) electrons. The van der Waals surface area contributed by atoms with Crippen molar-refractivity contribution in [3.05, 3.63) is 78.7 Å². The third-order valence-corrected chi connectivity index (χ3v) is 8.23. The Bertz CT molecular complexity index is 1470. The normalized spacial score (nSPS) is 18.2. The molecule has 0 spiro atoms. The number of anilines is 1. The second-order valence-corrected chi connectivity index (χ2v) is 10.7. The number of furan rings is 1. The van der Waals surface area contributed by atoms with E-state index < -0.39 is 12.0 Å². The Balaban J connectivity index is 1.60. The highest BCUT2D eigenvalue weighted by Gasteiger charge is 2.33. The van der Waals surface area contributed by atoms with Crippen LogP contribution in [-0.4, -0.2) is 36.5 Å². The van der Waals surface area contributed by atoms with E-state index in [2.05, 4.69) is 9.89 Å². The summed E-state index contributed by atoms with van der Waals surface area (Å²) in [6.07, 6.45) is 7.36. The predicted molar refractivity (Wildman–Crippen MR) is 143 cm³/mol. The van der Waals surface area contributed by atoms with Gasteiger partial charge in [0.25, 0.3) is 5.56 Å². The molecule has 2 aliphatic rings. The van der Waals surface area contributed by atoms with Gasteiger partial charge in [0, 0.05) is 30.1 Å². The summed E-state index contributed by atoms with van der Waals surface area (Å²) in [6.45, 7) is 5.79. The van der Waals surface area contributed by atoms with Gasteiger partial charge in [0.15, 0.2) is 10.7 Å². The molecule has 0 aliphatic carbocycles. The summed E-state index contributed by atoms with van der Waals surface area (Å²) < 4.78 is 13.6. The van der Waals surface area contributed by atoms with E-state index in [0.29, 0.717) is 26.4 Å². The van der Waals surface area contributed by atoms with Gasteiger partial charge >= 0.3 is 5.97 Å². The van der Waals surface area contributed by atoms with Crippen LogP contribution in [0, 0.1) is 0 Å². The molecule has 4 heterocycles. The number of hydrogen-bond donors (Lipinski definition) is 0. The summed E-state index contributed by atoms with van der Waals surface area (Å²) in [6, 6.07) is 11.2. The number of nitrogens with zero attached hydrogens (tertiary/aromatic N) is 3. The van der Waals surface area contributed by atoms with E-state index in [-0.39, 0.29) is 12.2 Å². The predicted octanol–water partition coefficient (Wildman–Crippen LogP) is 4.10. The number of rotatable bonds is 6. The van der Waals surface area contributed by atoms with Gasteiger partial charge < -0.3 is 14.1 Å². The van der Waals surface area contributed by atoms with Crippen LogP contribution in [0.3, 0.4) is 0 Å². The average molecular weight is 524 g/mol. The Morgan fingerprint density at radius 1 is 1.19 bits per heavy atom. The number of aromatic nitrogens is 1. The van der Waals surface area contributed by atoms with E-state index in [9.17, 15) is 9.59 Å². The minimum Gasteiger partial charge on any atom is -0.463 e. The van der Waals surface area contributed by atoms with Crippen LogP contribution < -0.4 is 19.8 Å². The quantitative estimate of drug-likeness (QED) is 0.358. The van der Waals surface area contributed by atoms with Crippen LogP contribution in [0.15, 0.2) is 66.8 Å². The molecule has 0 unspecified atom stereocenters. The molecule has 0 bridgehead atoms. The van der Waals surface area contributed by atoms with Crippen LogP contribution in [-0.2, 0) is 9.53 Å². The molecule has 2 aliphatic heterocycles. The van der Waals surface area contributed by atoms with Gasteiger partial charge in [-0.3, -0.25) is 9.36 Å². The van der Waals surface area contributed by atoms with Gasteiger partial charge in [-0.1, -0.05) is 23.5 Å². The summed E-state index contributed by atoms with van der Waals surface area (Å²) in [5.41, 5.74) is 1.58. The molecule has 7 nitrogen and oxygen atoms in total. The van der Waals surface area contributed by atoms with E-state index >= 15 is 0 Å². The van der Waals surface area contributed by atoms with Crippen LogP contribution in [0.2, 0.25) is 0 Å². The molecule has 3 aromatic rings. The Morgan fingerprint density at radius 3 is 2.64 bits per heavy atom. The third kappa shape index (κ3) is 4.69. The fourth-order valence-corrected chi connectivity index (χ4v) is 6.16. The minimum atomic E-state index is -0.612. The fourth-order valence-electron chi connectivity index (χ4n) is 4.73. The number of piperidine rings is 1. The van der Waals surface area contributed by atoms with Gasteiger partial charge in [-0.25, -0.2) is 9.79 Å². The second-order valence-electron chi connectivity index (χ2n) is 8.80. The van der Waals surface area contributed by atoms with Crippen LogP contribution in [0.1, 0.15) is 50.5 Å². The first-order valence-electron chi connectivity index (χ1n) is 12.2. The van der Waals surface area contributed by atoms with Gasteiger partial charge in [-0.05, 0) is 63.1 Å². The summed E-state index contributed by atoms with van der Waals surface area (Å²) in [5, 5.41) is 0. The molecule has 1 aromatic carbocycles. The maximum atomic E-state index is 13.7. The lowest BCUT2D eigenvalue weighted by molar-refractivity contribution is -0.139. The molecular weight excluding hydrogens is 494 g/mol. The number of hydrogen-bond acceptors (Lipinski definition) is 8. The van der Waals surface area contributed by atoms with Crippen molar-refractivity contribution in [1.82, 2.24) is 4.57 Å². The lowest BCUT2D eigenvalue weighted by atomic mass is 9.96. The minimum absolute atomic E-state index is 0.206. The third-order valence-electron chi connectivity index (χ3n) is 6.50. The average Bonchev–Trinajstić information content (AvgIpc) is 3.48. The highest BCUT2D eigenvalue weighted by atomic mass is 32.2. The second kappa shape index (κ2) is 10.5. The highest BCUT2D eigenvalue weighted by molar-refractivity contribution is 7.98. The van der Waals surface area contributed by atoms with Gasteiger partial charge in [0.2, 0.25) is 0 Å². The Hall–Kier alpha value is -3.04. The molecular formula is C27H29N3O4S2. The summed E-state index contributed by atoms with van der Waals surface area (Å²) in [4.78, 5) is 35.3. The lowest BCUT2D eigenvalue weighted by Gasteiger charge is -2.25. The summed E-state index contributed by atoms with van der Waals surface area (Å²) >= 11 is 2.94. The van der Waals surface area contributed by atoms with Crippen molar-refractivity contribution in [3.8, 4) is 0 Å². The zero-order valence-corrected chi connectivity index (χ0v) is 22.3. The number of carbonyl (C=O) groups is 1. The van der Waals surface area contributed by atoms with E-state index in [1.54, 1.807) is 36.3 Å². The van der Waals surface area contributed by atoms with Crippen molar-refractivity contribution < 1.29 is 13.9 Å². The van der Waals surface area contributed by atoms with Crippen LogP contribution >= 0.6 is 23.1 Å². The molecule has 1 saturated heterocycles. The molecule has 36 heavy (non-hydrogen) atoms. The maximum Gasteiger partial charge on any atom is 0.338 e. The van der Waals surface area contributed by atoms with Crippen molar-refractivity contribution in [2.24, 2.45) is 4.99 Å². The van der Waals surface area contributed by atoms with Crippen molar-refractivity contribution in [1.29, 1.82) is 0 Å². The first kappa shape index (κ1) is 24.6. The van der Waals surface area contributed by atoms with Gasteiger partial charge in [0.1, 0.15) is 5.76 Å². The highest BCUT2D eigenvalue weighted by Crippen LogP contribution is 2.31. The fraction of sp³-hybridized carbons (Fsp3) is 0.370. The summed E-state index contributed by atoms with van der Waals surface area (Å²) in [7, 11) is 0. The monoisotopic (exact) mass is 523 g/mol. The van der Waals surface area contributed by atoms with Crippen molar-refractivity contribution >= 4 is 41.0 Å². The number of carbonyl (C=O) groups excluding carboxylic acids is 1. The van der Waals surface area contributed by atoms with Crippen molar-refractivity contribution in [2.45, 2.75) is 44.0 Å². The standard InChI is InChI=1S/C27H29N3O4S2/c1-4-33-26(32)23-17(2)28-27-30(24(23)18-8-11-20(35-3)12-9-18)25(31)21(36-27)16-19-10-13-22(34-19)29-14-6-5-7-15-29/h8-13,16,24H,4-7,14-15H2,1-3H3/t24-/m1/s1. The molecule has 188 valence electrons. The number of allylic oxidation sites excluding steroid dienone is 1. The van der Waals surface area contributed by atoms with E-state index in [0.717, 1.165) is 42.3 Å². The first-order valence-corrected chi connectivity index (χ1v) is 14.2. The molecule has 5 rings (SSSR count). The van der Waals surface area contributed by atoms with Crippen LogP contribution in [0.4, 0.5) is 5.88 Å². The Morgan fingerprint density at radius 2 is 1.94 bits per heavy atom. The first-order chi connectivity index (χ1) is 17.5. The van der Waals surface area contributed by atoms with E-state index in [1.165, 1.54) is 17.8 Å². The smallest absolute Gasteiger partial charge is 0.338 e. The molecule has 9 heteroatoms. The van der Waals surface area contributed by atoms with Crippen molar-refractivity contribution in [2.75, 3.05) is 30.9 Å². The lowest BCUT2D eigenvalue weighted by Crippen LogP contribution is -2.39. The topological polar surface area (TPSA) is 77.0 Å². The largest absolute Gasteiger partial charge is 0.463 e. The number of benzene rings is 1. The zero-order valence-electron chi connectivity index (χ0n) is 20.7. The van der Waals surface area contributed by atoms with E-state index in [1.807, 2.05) is 42.7 Å². The zero-order chi connectivity index (χ0) is 25.2. The van der Waals surface area contributed by atoms with Gasteiger partial charge in [-0.15, -0.1) is 11.8 Å². The Kier molecular flexibility index (Phi) is 7.20. The molecule has 1 fully saturated rings. The van der Waals surface area contributed by atoms with Gasteiger partial charge in [-0.2, -0.15) is 0 Å². The van der Waals surface area contributed by atoms with Crippen molar-refractivity contribution in [3.63, 3.8) is 0 Å². The number of esters is 1. The number of thiazole rings is 1. The molecule has 1 atom stereocenters. The maximum absolute atomic E-state index is 13.7. The Labute approximate surface area is 217 Å². The SMILES string of the molecule is CCOC(=O)C1=C(C)N=c2sc(=Cc3ccc(N4CCCCC4)o3)c(=O)n2[C@@H]1c1ccc(SC)cc1. The molecule has 2 aromatic heterocycles.